The molecule has 0 atom stereocenters. The van der Waals surface area contributed by atoms with Gasteiger partial charge in [-0.25, -0.2) is 0 Å². The molecule has 1 N–H and O–H groups in total. The van der Waals surface area contributed by atoms with Crippen LogP contribution in [0.2, 0.25) is 0 Å². The predicted molar refractivity (Wildman–Crippen MR) is 66.3 cm³/mol. The maximum absolute atomic E-state index is 11.2. The highest BCUT2D eigenvalue weighted by atomic mass is 16.6. The summed E-state index contributed by atoms with van der Waals surface area (Å²) in [6.45, 7) is 3.87. The van der Waals surface area contributed by atoms with Crippen molar-refractivity contribution in [3.63, 3.8) is 0 Å². The third-order valence-corrected chi connectivity index (χ3v) is 2.40. The van der Waals surface area contributed by atoms with E-state index in [4.69, 9.17) is 0 Å². The molecule has 0 heterocycles. The smallest absolute Gasteiger partial charge is 0.294 e. The third-order valence-electron chi connectivity index (χ3n) is 2.40. The minimum atomic E-state index is -0.463. The van der Waals surface area contributed by atoms with Crippen LogP contribution in [0.15, 0.2) is 18.2 Å². The molecule has 0 aliphatic heterocycles. The van der Waals surface area contributed by atoms with Gasteiger partial charge in [0.25, 0.3) is 5.69 Å². The first-order valence-electron chi connectivity index (χ1n) is 5.24. The van der Waals surface area contributed by atoms with Crippen molar-refractivity contribution >= 4 is 23.0 Å². The van der Waals surface area contributed by atoms with Crippen LogP contribution < -0.4 is 10.2 Å². The van der Waals surface area contributed by atoms with E-state index in [-0.39, 0.29) is 11.6 Å². The Morgan fingerprint density at radius 2 is 2.18 bits per heavy atom. The van der Waals surface area contributed by atoms with Gasteiger partial charge >= 0.3 is 0 Å². The molecule has 0 aliphatic carbocycles. The van der Waals surface area contributed by atoms with Crippen LogP contribution in [0.5, 0.6) is 0 Å². The van der Waals surface area contributed by atoms with Gasteiger partial charge in [-0.1, -0.05) is 0 Å². The van der Waals surface area contributed by atoms with Crippen LogP contribution in [0.25, 0.3) is 0 Å². The lowest BCUT2D eigenvalue weighted by atomic mass is 10.2. The zero-order valence-electron chi connectivity index (χ0n) is 10.1. The summed E-state index contributed by atoms with van der Waals surface area (Å²) in [5.41, 5.74) is 0.932. The molecule has 1 aromatic rings. The van der Waals surface area contributed by atoms with Crippen molar-refractivity contribution in [1.82, 2.24) is 0 Å². The summed E-state index contributed by atoms with van der Waals surface area (Å²) in [7, 11) is 1.58. The SMILES string of the molecule is CCNc1ccc(N(C)C(C)=O)cc1[N+](=O)[O-]. The van der Waals surface area contributed by atoms with Crippen molar-refractivity contribution in [3.05, 3.63) is 28.3 Å². The zero-order chi connectivity index (χ0) is 13.0. The molecule has 0 saturated heterocycles. The predicted octanol–water partition coefficient (Wildman–Crippen LogP) is 2.01. The molecule has 1 rings (SSSR count). The van der Waals surface area contributed by atoms with E-state index >= 15 is 0 Å². The van der Waals surface area contributed by atoms with E-state index in [2.05, 4.69) is 5.32 Å². The number of rotatable bonds is 4. The molecular formula is C11H15N3O3. The van der Waals surface area contributed by atoms with Gasteiger partial charge in [0.2, 0.25) is 5.91 Å². The number of carbonyl (C=O) groups is 1. The van der Waals surface area contributed by atoms with E-state index in [1.54, 1.807) is 19.2 Å². The second-order valence-electron chi connectivity index (χ2n) is 3.57. The lowest BCUT2D eigenvalue weighted by molar-refractivity contribution is -0.383. The van der Waals surface area contributed by atoms with Crippen molar-refractivity contribution in [2.75, 3.05) is 23.8 Å². The number of carbonyl (C=O) groups excluding carboxylic acids is 1. The van der Waals surface area contributed by atoms with Gasteiger partial charge in [0.1, 0.15) is 5.69 Å². The molecular weight excluding hydrogens is 222 g/mol. The van der Waals surface area contributed by atoms with Gasteiger partial charge in [-0.2, -0.15) is 0 Å². The average molecular weight is 237 g/mol. The number of hydrogen-bond donors (Lipinski definition) is 1. The summed E-state index contributed by atoms with van der Waals surface area (Å²) in [6, 6.07) is 4.67. The largest absolute Gasteiger partial charge is 0.380 e. The Kier molecular flexibility index (Phi) is 4.03. The number of benzene rings is 1. The van der Waals surface area contributed by atoms with Crippen LogP contribution in [0.4, 0.5) is 17.1 Å². The normalized spacial score (nSPS) is 9.82. The standard InChI is InChI=1S/C11H15N3O3/c1-4-12-10-6-5-9(13(3)8(2)15)7-11(10)14(16)17/h5-7,12H,4H2,1-3H3. The maximum atomic E-state index is 11.2. The van der Waals surface area contributed by atoms with Gasteiger partial charge in [-0.15, -0.1) is 0 Å². The quantitative estimate of drug-likeness (QED) is 0.642. The van der Waals surface area contributed by atoms with Crippen LogP contribution >= 0.6 is 0 Å². The molecule has 6 nitrogen and oxygen atoms in total. The summed E-state index contributed by atoms with van der Waals surface area (Å²) in [5, 5.41) is 13.8. The first-order chi connectivity index (χ1) is 7.97. The minimum Gasteiger partial charge on any atom is -0.380 e. The first kappa shape index (κ1) is 13.0. The molecule has 0 aliphatic rings. The highest BCUT2D eigenvalue weighted by Gasteiger charge is 2.16. The highest BCUT2D eigenvalue weighted by Crippen LogP contribution is 2.29. The maximum Gasteiger partial charge on any atom is 0.294 e. The van der Waals surface area contributed by atoms with E-state index in [0.717, 1.165) is 0 Å². The van der Waals surface area contributed by atoms with Gasteiger partial charge in [-0.3, -0.25) is 14.9 Å². The number of nitrogens with zero attached hydrogens (tertiary/aromatic N) is 2. The summed E-state index contributed by atoms with van der Waals surface area (Å²) in [6.07, 6.45) is 0. The molecule has 17 heavy (non-hydrogen) atoms. The van der Waals surface area contributed by atoms with Crippen LogP contribution in [-0.4, -0.2) is 24.4 Å². The van der Waals surface area contributed by atoms with Crippen molar-refractivity contribution in [2.24, 2.45) is 0 Å². The van der Waals surface area contributed by atoms with Crippen LogP contribution in [0, 0.1) is 10.1 Å². The Bertz CT molecular complexity index is 446. The second kappa shape index (κ2) is 5.29. The fourth-order valence-corrected chi connectivity index (χ4v) is 1.40. The van der Waals surface area contributed by atoms with Gasteiger partial charge in [0.15, 0.2) is 0 Å². The number of anilines is 2. The van der Waals surface area contributed by atoms with Crippen LogP contribution in [0.1, 0.15) is 13.8 Å². The van der Waals surface area contributed by atoms with Gasteiger partial charge < -0.3 is 10.2 Å². The zero-order valence-corrected chi connectivity index (χ0v) is 10.1. The van der Waals surface area contributed by atoms with Gasteiger partial charge in [-0.05, 0) is 19.1 Å². The Morgan fingerprint density at radius 1 is 1.53 bits per heavy atom. The van der Waals surface area contributed by atoms with Crippen molar-refractivity contribution in [2.45, 2.75) is 13.8 Å². The third kappa shape index (κ3) is 2.93. The molecule has 0 bridgehead atoms. The Labute approximate surface area is 99.4 Å². The first-order valence-corrected chi connectivity index (χ1v) is 5.24. The number of nitrogens with one attached hydrogen (secondary N) is 1. The summed E-state index contributed by atoms with van der Waals surface area (Å²) >= 11 is 0. The lowest BCUT2D eigenvalue weighted by Gasteiger charge is -2.15. The Morgan fingerprint density at radius 3 is 2.65 bits per heavy atom. The molecule has 0 spiro atoms. The number of nitro benzene ring substituents is 1. The number of hydrogen-bond acceptors (Lipinski definition) is 4. The lowest BCUT2D eigenvalue weighted by Crippen LogP contribution is -2.22. The van der Waals surface area contributed by atoms with E-state index in [0.29, 0.717) is 17.9 Å². The van der Waals surface area contributed by atoms with E-state index in [1.165, 1.54) is 17.9 Å². The van der Waals surface area contributed by atoms with Gasteiger partial charge in [0.05, 0.1) is 10.6 Å². The Balaban J connectivity index is 3.18. The summed E-state index contributed by atoms with van der Waals surface area (Å²) in [5.74, 6) is -0.171. The summed E-state index contributed by atoms with van der Waals surface area (Å²) in [4.78, 5) is 23.0. The van der Waals surface area contributed by atoms with Gasteiger partial charge in [0, 0.05) is 26.6 Å². The second-order valence-corrected chi connectivity index (χ2v) is 3.57. The number of nitro groups is 1. The topological polar surface area (TPSA) is 75.5 Å². The number of amides is 1. The molecule has 0 aromatic heterocycles. The molecule has 0 radical (unpaired) electrons. The molecule has 0 saturated carbocycles. The molecule has 1 aromatic carbocycles. The molecule has 6 heteroatoms. The molecule has 92 valence electrons. The minimum absolute atomic E-state index is 0.0301. The highest BCUT2D eigenvalue weighted by molar-refractivity contribution is 5.91. The summed E-state index contributed by atoms with van der Waals surface area (Å²) < 4.78 is 0. The average Bonchev–Trinajstić information content (AvgIpc) is 2.28. The fourth-order valence-electron chi connectivity index (χ4n) is 1.40. The monoisotopic (exact) mass is 237 g/mol. The van der Waals surface area contributed by atoms with E-state index in [1.807, 2.05) is 6.92 Å². The van der Waals surface area contributed by atoms with Crippen molar-refractivity contribution in [3.8, 4) is 0 Å². The Hall–Kier alpha value is -2.11. The van der Waals surface area contributed by atoms with Crippen molar-refractivity contribution in [1.29, 1.82) is 0 Å². The van der Waals surface area contributed by atoms with Crippen molar-refractivity contribution < 1.29 is 9.72 Å². The fraction of sp³-hybridized carbons (Fsp3) is 0.364. The van der Waals surface area contributed by atoms with E-state index in [9.17, 15) is 14.9 Å². The van der Waals surface area contributed by atoms with Crippen LogP contribution in [0.3, 0.4) is 0 Å². The van der Waals surface area contributed by atoms with Crippen LogP contribution in [-0.2, 0) is 4.79 Å². The molecule has 1 amide bonds. The molecule has 0 fully saturated rings. The molecule has 0 unspecified atom stereocenters. The van der Waals surface area contributed by atoms with E-state index < -0.39 is 4.92 Å².